The number of allylic oxidation sites excluding steroid dienone is 5. The minimum absolute atomic E-state index is 0.211. The second-order valence-corrected chi connectivity index (χ2v) is 10.3. The van der Waals surface area contributed by atoms with E-state index < -0.39 is 26.8 Å². The Balaban J connectivity index is 1.51. The molecule has 4 aromatic carbocycles. The zero-order valence-corrected chi connectivity index (χ0v) is 20.4. The molecule has 0 spiro atoms. The van der Waals surface area contributed by atoms with Crippen molar-refractivity contribution in [1.29, 1.82) is 0 Å². The molecule has 0 unspecified atom stereocenters. The highest BCUT2D eigenvalue weighted by Crippen LogP contribution is 2.43. The van der Waals surface area contributed by atoms with E-state index in [0.29, 0.717) is 17.2 Å². The zero-order chi connectivity index (χ0) is 26.5. The van der Waals surface area contributed by atoms with E-state index in [1.54, 1.807) is 0 Å². The van der Waals surface area contributed by atoms with Crippen LogP contribution in [0.1, 0.15) is 22.3 Å². The van der Waals surface area contributed by atoms with E-state index in [2.05, 4.69) is 5.16 Å². The van der Waals surface area contributed by atoms with Gasteiger partial charge in [0, 0.05) is 11.1 Å². The molecule has 0 aliphatic heterocycles. The van der Waals surface area contributed by atoms with Crippen LogP contribution in [0.25, 0.3) is 28.0 Å². The van der Waals surface area contributed by atoms with Crippen molar-refractivity contribution in [2.75, 3.05) is 0 Å². The molecule has 2 aliphatic rings. The number of alkyl halides is 3. The molecule has 2 aliphatic carbocycles. The van der Waals surface area contributed by atoms with Crippen LogP contribution in [-0.4, -0.2) is 14.1 Å². The molecule has 0 atom stereocenters. The largest absolute Gasteiger partial charge is 0.417 e. The van der Waals surface area contributed by atoms with Crippen molar-refractivity contribution in [2.45, 2.75) is 11.1 Å². The smallest absolute Gasteiger partial charge is 0.264 e. The molecule has 0 saturated carbocycles. The maximum Gasteiger partial charge on any atom is 0.417 e. The van der Waals surface area contributed by atoms with Crippen LogP contribution in [-0.2, 0) is 20.6 Å². The van der Waals surface area contributed by atoms with Crippen LogP contribution in [0.4, 0.5) is 13.2 Å². The average molecular weight is 530 g/mol. The average Bonchev–Trinajstić information content (AvgIpc) is 3.30. The van der Waals surface area contributed by atoms with E-state index >= 15 is 0 Å². The second kappa shape index (κ2) is 8.85. The van der Waals surface area contributed by atoms with Crippen LogP contribution in [0.15, 0.2) is 119 Å². The van der Waals surface area contributed by atoms with Crippen LogP contribution < -0.4 is 0 Å². The van der Waals surface area contributed by atoms with Crippen LogP contribution in [0.2, 0.25) is 0 Å². The maximum absolute atomic E-state index is 13.6. The van der Waals surface area contributed by atoms with Crippen molar-refractivity contribution in [3.63, 3.8) is 0 Å². The molecule has 8 heteroatoms. The molecule has 0 saturated heterocycles. The van der Waals surface area contributed by atoms with Crippen molar-refractivity contribution in [3.05, 3.63) is 131 Å². The van der Waals surface area contributed by atoms with Crippen molar-refractivity contribution in [3.8, 4) is 0 Å². The lowest BCUT2D eigenvalue weighted by molar-refractivity contribution is -0.140. The fourth-order valence-corrected chi connectivity index (χ4v) is 5.79. The van der Waals surface area contributed by atoms with Crippen molar-refractivity contribution in [2.24, 2.45) is 5.16 Å². The number of hydrogen-bond acceptors (Lipinski definition) is 4. The highest BCUT2D eigenvalue weighted by atomic mass is 32.2. The third-order valence-corrected chi connectivity index (χ3v) is 7.70. The van der Waals surface area contributed by atoms with Crippen molar-refractivity contribution < 1.29 is 25.9 Å². The Labute approximate surface area is 216 Å². The lowest BCUT2D eigenvalue weighted by atomic mass is 9.85. The summed E-state index contributed by atoms with van der Waals surface area (Å²) in [7, 11) is -4.90. The van der Waals surface area contributed by atoms with Gasteiger partial charge >= 0.3 is 16.3 Å². The van der Waals surface area contributed by atoms with Crippen LogP contribution in [0.5, 0.6) is 0 Å². The van der Waals surface area contributed by atoms with E-state index in [1.165, 1.54) is 6.07 Å². The van der Waals surface area contributed by atoms with Gasteiger partial charge in [0.15, 0.2) is 0 Å². The quantitative estimate of drug-likeness (QED) is 0.257. The van der Waals surface area contributed by atoms with Gasteiger partial charge in [-0.2, -0.15) is 21.6 Å². The fourth-order valence-electron chi connectivity index (χ4n) is 4.83. The van der Waals surface area contributed by atoms with Gasteiger partial charge < -0.3 is 0 Å². The lowest BCUT2D eigenvalue weighted by Gasteiger charge is -2.19. The molecule has 0 bridgehead atoms. The number of fused-ring (bicyclic) bond motifs is 4. The minimum atomic E-state index is -4.90. The molecule has 38 heavy (non-hydrogen) atoms. The van der Waals surface area contributed by atoms with Crippen LogP contribution in [0.3, 0.4) is 0 Å². The molecule has 4 aromatic rings. The highest BCUT2D eigenvalue weighted by molar-refractivity contribution is 7.86. The first kappa shape index (κ1) is 23.9. The summed E-state index contributed by atoms with van der Waals surface area (Å²) in [5.74, 6) is 0. The SMILES string of the molecule is O=S(=O)(ON=C1C2=Cc3ccccc3C2=CC=C1c1cccc2ccccc12)c1ccccc1C(F)(F)F. The third kappa shape index (κ3) is 4.03. The fraction of sp³-hybridized carbons (Fsp3) is 0.0333. The minimum Gasteiger partial charge on any atom is -0.264 e. The Morgan fingerprint density at radius 2 is 1.34 bits per heavy atom. The zero-order valence-electron chi connectivity index (χ0n) is 19.6. The number of benzene rings is 4. The summed E-state index contributed by atoms with van der Waals surface area (Å²) in [5.41, 5.74) is 3.56. The van der Waals surface area contributed by atoms with Crippen molar-refractivity contribution in [1.82, 2.24) is 0 Å². The Morgan fingerprint density at radius 1 is 0.684 bits per heavy atom. The first-order valence-electron chi connectivity index (χ1n) is 11.6. The molecule has 0 N–H and O–H groups in total. The van der Waals surface area contributed by atoms with Gasteiger partial charge in [0.25, 0.3) is 0 Å². The molecule has 4 nitrogen and oxygen atoms in total. The predicted octanol–water partition coefficient (Wildman–Crippen LogP) is 7.50. The molecule has 188 valence electrons. The van der Waals surface area contributed by atoms with Gasteiger partial charge in [0.1, 0.15) is 10.6 Å². The van der Waals surface area contributed by atoms with Gasteiger partial charge in [-0.05, 0) is 51.2 Å². The molecule has 0 fully saturated rings. The molecule has 6 rings (SSSR count). The predicted molar refractivity (Wildman–Crippen MR) is 141 cm³/mol. The summed E-state index contributed by atoms with van der Waals surface area (Å²) in [4.78, 5) is -0.997. The van der Waals surface area contributed by atoms with Gasteiger partial charge in [-0.15, -0.1) is 0 Å². The number of halogens is 3. The molecule has 0 radical (unpaired) electrons. The maximum atomic E-state index is 13.6. The van der Waals surface area contributed by atoms with Gasteiger partial charge in [-0.1, -0.05) is 96.2 Å². The van der Waals surface area contributed by atoms with E-state index in [-0.39, 0.29) is 5.71 Å². The number of nitrogens with zero attached hydrogens (tertiary/aromatic N) is 1. The number of rotatable bonds is 4. The van der Waals surface area contributed by atoms with Gasteiger partial charge in [-0.3, -0.25) is 4.28 Å². The van der Waals surface area contributed by atoms with Crippen molar-refractivity contribution >= 4 is 43.8 Å². The van der Waals surface area contributed by atoms with E-state index in [4.69, 9.17) is 4.28 Å². The highest BCUT2D eigenvalue weighted by Gasteiger charge is 2.38. The summed E-state index contributed by atoms with van der Waals surface area (Å²) in [5, 5.41) is 5.91. The summed E-state index contributed by atoms with van der Waals surface area (Å²) >= 11 is 0. The van der Waals surface area contributed by atoms with E-state index in [1.807, 2.05) is 85.0 Å². The molecule has 0 heterocycles. The summed E-state index contributed by atoms with van der Waals surface area (Å²) in [6, 6.07) is 25.0. The lowest BCUT2D eigenvalue weighted by Crippen LogP contribution is -2.16. The molecular formula is C30H18F3NO3S. The topological polar surface area (TPSA) is 55.7 Å². The summed E-state index contributed by atoms with van der Waals surface area (Å²) in [6.07, 6.45) is 0.749. The Hall–Kier alpha value is -4.43. The Morgan fingerprint density at radius 3 is 2.18 bits per heavy atom. The molecular weight excluding hydrogens is 511 g/mol. The first-order chi connectivity index (χ1) is 18.2. The number of hydrogen-bond donors (Lipinski definition) is 0. The first-order valence-corrected chi connectivity index (χ1v) is 13.0. The number of oxime groups is 1. The van der Waals surface area contributed by atoms with Gasteiger partial charge in [-0.25, -0.2) is 0 Å². The monoisotopic (exact) mass is 529 g/mol. The third-order valence-electron chi connectivity index (χ3n) is 6.54. The van der Waals surface area contributed by atoms with E-state index in [0.717, 1.165) is 45.2 Å². The Bertz CT molecular complexity index is 1840. The molecule has 0 aromatic heterocycles. The normalized spacial score (nSPS) is 16.0. The molecule has 0 amide bonds. The van der Waals surface area contributed by atoms with Crippen LogP contribution in [0, 0.1) is 0 Å². The Kier molecular flexibility index (Phi) is 5.57. The summed E-state index contributed by atoms with van der Waals surface area (Å²) in [6.45, 7) is 0. The summed E-state index contributed by atoms with van der Waals surface area (Å²) < 4.78 is 71.7. The van der Waals surface area contributed by atoms with Gasteiger partial charge in [0.05, 0.1) is 5.56 Å². The second-order valence-electron chi connectivity index (χ2n) is 8.80. The standard InChI is InChI=1S/C30H18F3NO3S/c31-30(32,33)27-14-5-6-15-28(27)38(35,36)37-34-29-25(23-13-7-10-19-8-1-3-11-21(19)23)17-16-24-22-12-4-2-9-20(22)18-26(24)29/h1-18H. The van der Waals surface area contributed by atoms with Crippen LogP contribution >= 0.6 is 0 Å². The van der Waals surface area contributed by atoms with Gasteiger partial charge in [0.2, 0.25) is 0 Å². The van der Waals surface area contributed by atoms with E-state index in [9.17, 15) is 21.6 Å².